The molecule has 2 aromatic heterocycles. The number of nitrogens with one attached hydrogen (secondary N) is 3. The van der Waals surface area contributed by atoms with Crippen molar-refractivity contribution in [3.63, 3.8) is 0 Å². The molecule has 11 heteroatoms. The van der Waals surface area contributed by atoms with Crippen LogP contribution in [0.25, 0.3) is 11.2 Å². The second-order valence-electron chi connectivity index (χ2n) is 12.9. The molecule has 11 nitrogen and oxygen atoms in total. The number of benzene rings is 2. The van der Waals surface area contributed by atoms with Crippen LogP contribution >= 0.6 is 0 Å². The SMILES string of the molecule is CCC(=O)N[C@@H]1C[C@@H]([n+]2c[nH]c3c(NCC(c4ccccc4)c4ccccc4)nc(N4CC[C@@H](N5CCCC5)C4)nc32)[C@H](O)[C@@H]1O. The number of amides is 1. The minimum atomic E-state index is -1.07. The number of hydrogen-bond acceptors (Lipinski definition) is 8. The predicted octanol–water partition coefficient (Wildman–Crippen LogP) is 2.73. The number of carbonyl (C=O) groups excluding carboxylic acids is 1. The fraction of sp³-hybridized carbons (Fsp3) is 0.486. The highest BCUT2D eigenvalue weighted by molar-refractivity contribution is 5.82. The second-order valence-corrected chi connectivity index (χ2v) is 12.9. The number of aliphatic hydroxyl groups excluding tert-OH is 2. The standard InChI is InChI=1S/C35H44N8O3/c1-2-29(44)38-27-19-28(32(46)31(27)45)43-22-37-30-33(36-20-26(23-11-5-3-6-12-23)24-13-7-4-8-14-24)39-35(40-34(30)43)42-18-15-25(21-42)41-16-9-10-17-41/h3-8,11-14,22,25-28,31-32,45-46H,2,9-10,15-21H2,1H3,(H2,36,38,39,40,44)/p+1/t25-,27-,28-,31-,32+/m1/s1. The molecule has 5 atom stereocenters. The molecule has 4 heterocycles. The van der Waals surface area contributed by atoms with E-state index < -0.39 is 24.3 Å². The Kier molecular flexibility index (Phi) is 8.88. The molecule has 2 aromatic carbocycles. The van der Waals surface area contributed by atoms with Gasteiger partial charge >= 0.3 is 11.6 Å². The summed E-state index contributed by atoms with van der Waals surface area (Å²) in [6, 6.07) is 20.5. The Labute approximate surface area is 269 Å². The topological polar surface area (TPSA) is 134 Å². The molecule has 0 spiro atoms. The maximum Gasteiger partial charge on any atom is 0.309 e. The number of anilines is 2. The Balaban J connectivity index is 1.23. The van der Waals surface area contributed by atoms with Crippen LogP contribution in [-0.2, 0) is 4.79 Å². The number of imidazole rings is 1. The molecule has 3 fully saturated rings. The zero-order chi connectivity index (χ0) is 31.6. The van der Waals surface area contributed by atoms with Crippen LogP contribution in [0.3, 0.4) is 0 Å². The van der Waals surface area contributed by atoms with Gasteiger partial charge in [-0.3, -0.25) is 14.7 Å². The molecule has 46 heavy (non-hydrogen) atoms. The van der Waals surface area contributed by atoms with Gasteiger partial charge in [0.15, 0.2) is 12.1 Å². The summed E-state index contributed by atoms with van der Waals surface area (Å²) in [5.41, 5.74) is 3.82. The number of fused-ring (bicyclic) bond motifs is 1. The highest BCUT2D eigenvalue weighted by atomic mass is 16.3. The van der Waals surface area contributed by atoms with E-state index in [0.717, 1.165) is 38.1 Å². The number of carbonyl (C=O) groups is 1. The fourth-order valence-electron chi connectivity index (χ4n) is 7.54. The van der Waals surface area contributed by atoms with Crippen molar-refractivity contribution in [1.82, 2.24) is 25.2 Å². The average molecular weight is 626 g/mol. The molecule has 3 aliphatic rings. The van der Waals surface area contributed by atoms with Gasteiger partial charge < -0.3 is 25.7 Å². The number of aromatic nitrogens is 4. The number of H-pyrrole nitrogens is 1. The van der Waals surface area contributed by atoms with Crippen LogP contribution in [-0.4, -0.2) is 93.0 Å². The molecule has 4 aromatic rings. The molecule has 0 bridgehead atoms. The predicted molar refractivity (Wildman–Crippen MR) is 177 cm³/mol. The lowest BCUT2D eigenvalue weighted by atomic mass is 9.91. The molecule has 5 N–H and O–H groups in total. The Bertz CT molecular complexity index is 1590. The Morgan fingerprint density at radius 2 is 1.70 bits per heavy atom. The molecule has 2 saturated heterocycles. The molecule has 1 saturated carbocycles. The van der Waals surface area contributed by atoms with Gasteiger partial charge in [-0.05, 0) is 43.5 Å². The smallest absolute Gasteiger partial charge is 0.309 e. The van der Waals surface area contributed by atoms with Crippen molar-refractivity contribution >= 4 is 28.8 Å². The molecule has 1 aliphatic carbocycles. The van der Waals surface area contributed by atoms with E-state index in [4.69, 9.17) is 9.97 Å². The monoisotopic (exact) mass is 625 g/mol. The van der Waals surface area contributed by atoms with Gasteiger partial charge in [-0.2, -0.15) is 4.98 Å². The Morgan fingerprint density at radius 1 is 1.00 bits per heavy atom. The number of aromatic amines is 1. The minimum Gasteiger partial charge on any atom is -0.388 e. The summed E-state index contributed by atoms with van der Waals surface area (Å²) >= 11 is 0. The largest absolute Gasteiger partial charge is 0.388 e. The molecule has 0 unspecified atom stereocenters. The van der Waals surface area contributed by atoms with E-state index >= 15 is 0 Å². The second kappa shape index (κ2) is 13.4. The van der Waals surface area contributed by atoms with Crippen molar-refractivity contribution in [3.8, 4) is 0 Å². The third-order valence-electron chi connectivity index (χ3n) is 10.1. The lowest BCUT2D eigenvalue weighted by molar-refractivity contribution is -0.706. The van der Waals surface area contributed by atoms with Crippen LogP contribution < -0.4 is 20.1 Å². The fourth-order valence-corrected chi connectivity index (χ4v) is 7.54. The summed E-state index contributed by atoms with van der Waals surface area (Å²) in [7, 11) is 0. The summed E-state index contributed by atoms with van der Waals surface area (Å²) in [6.07, 6.45) is 3.97. The maximum absolute atomic E-state index is 12.2. The van der Waals surface area contributed by atoms with Crippen LogP contribution in [0.15, 0.2) is 67.0 Å². The van der Waals surface area contributed by atoms with Crippen LogP contribution in [0, 0.1) is 0 Å². The number of nitrogens with zero attached hydrogens (tertiary/aromatic N) is 5. The van der Waals surface area contributed by atoms with E-state index in [0.29, 0.717) is 42.8 Å². The van der Waals surface area contributed by atoms with Gasteiger partial charge in [0.1, 0.15) is 18.2 Å². The van der Waals surface area contributed by atoms with Gasteiger partial charge in [0.25, 0.3) is 0 Å². The molecule has 0 radical (unpaired) electrons. The zero-order valence-corrected chi connectivity index (χ0v) is 26.4. The van der Waals surface area contributed by atoms with Crippen molar-refractivity contribution in [3.05, 3.63) is 78.1 Å². The highest BCUT2D eigenvalue weighted by Crippen LogP contribution is 2.32. The third-order valence-corrected chi connectivity index (χ3v) is 10.1. The van der Waals surface area contributed by atoms with Gasteiger partial charge in [0.05, 0.1) is 6.04 Å². The molecular weight excluding hydrogens is 580 g/mol. The summed E-state index contributed by atoms with van der Waals surface area (Å²) in [5, 5.41) is 28.6. The van der Waals surface area contributed by atoms with E-state index in [1.807, 2.05) is 23.0 Å². The van der Waals surface area contributed by atoms with Crippen LogP contribution in [0.5, 0.6) is 0 Å². The minimum absolute atomic E-state index is 0.0963. The van der Waals surface area contributed by atoms with Gasteiger partial charge in [-0.1, -0.05) is 72.6 Å². The number of aliphatic hydroxyl groups is 2. The van der Waals surface area contributed by atoms with Crippen LogP contribution in [0.4, 0.5) is 11.8 Å². The summed E-state index contributed by atoms with van der Waals surface area (Å²) in [6.45, 7) is 6.46. The summed E-state index contributed by atoms with van der Waals surface area (Å²) in [4.78, 5) is 30.6. The van der Waals surface area contributed by atoms with E-state index in [1.165, 1.54) is 24.0 Å². The van der Waals surface area contributed by atoms with Crippen molar-refractivity contribution in [2.45, 2.75) is 75.3 Å². The first-order valence-electron chi connectivity index (χ1n) is 16.8. The number of likely N-dealkylation sites (tertiary alicyclic amines) is 1. The van der Waals surface area contributed by atoms with Crippen molar-refractivity contribution in [2.24, 2.45) is 0 Å². The zero-order valence-electron chi connectivity index (χ0n) is 26.4. The quantitative estimate of drug-likeness (QED) is 0.170. The molecule has 2 aliphatic heterocycles. The first kappa shape index (κ1) is 30.6. The van der Waals surface area contributed by atoms with Crippen molar-refractivity contribution < 1.29 is 19.6 Å². The Hall–Kier alpha value is -4.06. The molecule has 242 valence electrons. The highest BCUT2D eigenvalue weighted by Gasteiger charge is 2.46. The van der Waals surface area contributed by atoms with Crippen LogP contribution in [0.2, 0.25) is 0 Å². The molecular formula is C35H45N8O3+. The van der Waals surface area contributed by atoms with E-state index in [9.17, 15) is 15.0 Å². The van der Waals surface area contributed by atoms with Crippen LogP contribution in [0.1, 0.15) is 62.1 Å². The maximum atomic E-state index is 12.2. The lowest BCUT2D eigenvalue weighted by Crippen LogP contribution is -2.46. The lowest BCUT2D eigenvalue weighted by Gasteiger charge is -2.23. The van der Waals surface area contributed by atoms with Crippen molar-refractivity contribution in [2.75, 3.05) is 42.9 Å². The third kappa shape index (κ3) is 6.06. The summed E-state index contributed by atoms with van der Waals surface area (Å²) < 4.78 is 1.91. The molecule has 7 rings (SSSR count). The molecule has 1 amide bonds. The normalized spacial score (nSPS) is 25.1. The van der Waals surface area contributed by atoms with Gasteiger partial charge in [-0.15, -0.1) is 0 Å². The van der Waals surface area contributed by atoms with Crippen molar-refractivity contribution in [1.29, 1.82) is 0 Å². The van der Waals surface area contributed by atoms with E-state index in [1.54, 1.807) is 6.92 Å². The Morgan fingerprint density at radius 3 is 2.37 bits per heavy atom. The number of hydrogen-bond donors (Lipinski definition) is 5. The van der Waals surface area contributed by atoms with Gasteiger partial charge in [0, 0.05) is 44.4 Å². The first-order valence-corrected chi connectivity index (χ1v) is 16.8. The summed E-state index contributed by atoms with van der Waals surface area (Å²) in [5.74, 6) is 1.30. The first-order chi connectivity index (χ1) is 22.5. The average Bonchev–Trinajstić information content (AvgIpc) is 3.91. The van der Waals surface area contributed by atoms with E-state index in [2.05, 4.69) is 73.9 Å². The van der Waals surface area contributed by atoms with Gasteiger partial charge in [0.2, 0.25) is 11.4 Å². The van der Waals surface area contributed by atoms with E-state index in [-0.39, 0.29) is 11.8 Å². The number of rotatable bonds is 10. The van der Waals surface area contributed by atoms with Gasteiger partial charge in [-0.25, -0.2) is 4.57 Å².